The van der Waals surface area contributed by atoms with Gasteiger partial charge in [0.2, 0.25) is 0 Å². The van der Waals surface area contributed by atoms with Crippen LogP contribution in [0, 0.1) is 0 Å². The quantitative estimate of drug-likeness (QED) is 0.271. The van der Waals surface area contributed by atoms with E-state index in [1.807, 2.05) is 0 Å². The fourth-order valence-corrected chi connectivity index (χ4v) is 5.85. The van der Waals surface area contributed by atoms with Crippen LogP contribution in [0.15, 0.2) is 56.7 Å². The highest BCUT2D eigenvalue weighted by atomic mass is 32.2. The predicted molar refractivity (Wildman–Crippen MR) is 129 cm³/mol. The summed E-state index contributed by atoms with van der Waals surface area (Å²) in [6.07, 6.45) is 10.7. The smallest absolute Gasteiger partial charge is 0.322 e. The topological polar surface area (TPSA) is 83.5 Å². The van der Waals surface area contributed by atoms with E-state index in [-0.39, 0.29) is 9.96 Å². The van der Waals surface area contributed by atoms with Crippen LogP contribution in [0.5, 0.6) is 0 Å². The number of hydrogen-bond donors (Lipinski definition) is 2. The van der Waals surface area contributed by atoms with Crippen molar-refractivity contribution in [3.63, 3.8) is 0 Å². The molecule has 168 valence electrons. The number of hydrogen-bond acceptors (Lipinski definition) is 5. The molecule has 1 aromatic rings. The minimum absolute atomic E-state index is 0.124. The van der Waals surface area contributed by atoms with E-state index in [4.69, 9.17) is 0 Å². The molecule has 0 aliphatic carbocycles. The number of carbonyl (C=O) groups is 1. The first-order chi connectivity index (χ1) is 14.1. The number of thioether (sulfide) groups is 1. The Hall–Kier alpha value is -1.35. The van der Waals surface area contributed by atoms with Gasteiger partial charge in [-0.05, 0) is 64.8 Å². The maximum absolute atomic E-state index is 12.2. The van der Waals surface area contributed by atoms with Crippen molar-refractivity contribution in [1.82, 2.24) is 4.72 Å². The number of nitrogens with one attached hydrogen (secondary N) is 1. The molecule has 1 heterocycles. The third kappa shape index (κ3) is 11.2. The second-order valence-corrected chi connectivity index (χ2v) is 11.4. The molecule has 0 aromatic carbocycles. The summed E-state index contributed by atoms with van der Waals surface area (Å²) in [7, 11) is -3.80. The van der Waals surface area contributed by atoms with Gasteiger partial charge in [0, 0.05) is 11.5 Å². The van der Waals surface area contributed by atoms with E-state index in [1.54, 1.807) is 11.4 Å². The lowest BCUT2D eigenvalue weighted by Crippen LogP contribution is -2.42. The second kappa shape index (κ2) is 13.9. The molecule has 30 heavy (non-hydrogen) atoms. The van der Waals surface area contributed by atoms with E-state index in [0.29, 0.717) is 5.75 Å². The Balaban J connectivity index is 2.40. The van der Waals surface area contributed by atoms with Crippen molar-refractivity contribution in [3.8, 4) is 0 Å². The van der Waals surface area contributed by atoms with Crippen molar-refractivity contribution in [3.05, 3.63) is 52.5 Å². The van der Waals surface area contributed by atoms with Crippen molar-refractivity contribution in [2.75, 3.05) is 11.5 Å². The number of allylic oxidation sites excluding steroid dienone is 5. The van der Waals surface area contributed by atoms with Crippen molar-refractivity contribution in [2.45, 2.75) is 63.6 Å². The summed E-state index contributed by atoms with van der Waals surface area (Å²) in [6, 6.07) is 1.93. The maximum atomic E-state index is 12.2. The van der Waals surface area contributed by atoms with Gasteiger partial charge in [-0.15, -0.1) is 11.3 Å². The molecule has 2 N–H and O–H groups in total. The standard InChI is InChI=1S/C22H33NO4S3/c1-17(2)8-5-9-18(3)10-6-11-19(4)13-15-28-16-20(22(24)25)23-30(26,27)21-12-7-14-29-21/h7-8,10,12-14,20,23H,5-6,9,11,15-16H2,1-4H3,(H,24,25)/b18-10+,19-13+/t20-/m0/s1. The number of rotatable bonds is 14. The van der Waals surface area contributed by atoms with Gasteiger partial charge < -0.3 is 5.11 Å². The van der Waals surface area contributed by atoms with Gasteiger partial charge in [0.1, 0.15) is 10.3 Å². The highest BCUT2D eigenvalue weighted by Gasteiger charge is 2.25. The van der Waals surface area contributed by atoms with Crippen LogP contribution < -0.4 is 4.72 Å². The molecule has 0 radical (unpaired) electrons. The van der Waals surface area contributed by atoms with E-state index in [9.17, 15) is 18.3 Å². The lowest BCUT2D eigenvalue weighted by molar-refractivity contribution is -0.138. The molecular weight excluding hydrogens is 438 g/mol. The third-order valence-electron chi connectivity index (χ3n) is 4.31. The Labute approximate surface area is 189 Å². The molecule has 0 fully saturated rings. The van der Waals surface area contributed by atoms with Crippen LogP contribution in [-0.4, -0.2) is 37.0 Å². The highest BCUT2D eigenvalue weighted by Crippen LogP contribution is 2.17. The van der Waals surface area contributed by atoms with Gasteiger partial charge in [-0.2, -0.15) is 16.5 Å². The summed E-state index contributed by atoms with van der Waals surface area (Å²) in [5.41, 5.74) is 4.00. The molecule has 0 saturated heterocycles. The molecule has 0 bridgehead atoms. The zero-order valence-electron chi connectivity index (χ0n) is 18.2. The third-order valence-corrected chi connectivity index (χ3v) is 8.15. The van der Waals surface area contributed by atoms with E-state index < -0.39 is 22.0 Å². The second-order valence-electron chi connectivity index (χ2n) is 7.44. The molecule has 5 nitrogen and oxygen atoms in total. The fourth-order valence-electron chi connectivity index (χ4n) is 2.54. The fraction of sp³-hybridized carbons (Fsp3) is 0.500. The van der Waals surface area contributed by atoms with Crippen LogP contribution in [0.2, 0.25) is 0 Å². The minimum atomic E-state index is -3.80. The van der Waals surface area contributed by atoms with E-state index >= 15 is 0 Å². The molecule has 8 heteroatoms. The van der Waals surface area contributed by atoms with Crippen LogP contribution in [0.25, 0.3) is 0 Å². The average molecular weight is 472 g/mol. The van der Waals surface area contributed by atoms with Crippen LogP contribution >= 0.6 is 23.1 Å². The number of carboxylic acids is 1. The predicted octanol–water partition coefficient (Wildman–Crippen LogP) is 5.63. The van der Waals surface area contributed by atoms with Crippen LogP contribution in [0.4, 0.5) is 0 Å². The molecule has 0 aliphatic rings. The summed E-state index contributed by atoms with van der Waals surface area (Å²) in [4.78, 5) is 11.4. The van der Waals surface area contributed by atoms with Gasteiger partial charge in [-0.1, -0.05) is 41.0 Å². The molecule has 1 aromatic heterocycles. The molecule has 0 unspecified atom stereocenters. The largest absolute Gasteiger partial charge is 0.480 e. The summed E-state index contributed by atoms with van der Waals surface area (Å²) in [6.45, 7) is 8.46. The van der Waals surface area contributed by atoms with Gasteiger partial charge in [0.25, 0.3) is 10.0 Å². The number of thiophene rings is 1. The first-order valence-electron chi connectivity index (χ1n) is 9.93. The first-order valence-corrected chi connectivity index (χ1v) is 13.4. The molecule has 1 atom stereocenters. The normalized spacial score (nSPS) is 13.9. The number of aliphatic carboxylic acids is 1. The summed E-state index contributed by atoms with van der Waals surface area (Å²) < 4.78 is 26.9. The van der Waals surface area contributed by atoms with Crippen LogP contribution in [0.3, 0.4) is 0 Å². The first kappa shape index (κ1) is 26.7. The van der Waals surface area contributed by atoms with Crippen molar-refractivity contribution in [1.29, 1.82) is 0 Å². The lowest BCUT2D eigenvalue weighted by Gasteiger charge is -2.13. The maximum Gasteiger partial charge on any atom is 0.322 e. The Morgan fingerprint density at radius 2 is 1.77 bits per heavy atom. The molecule has 0 spiro atoms. The van der Waals surface area contributed by atoms with E-state index in [1.165, 1.54) is 34.5 Å². The lowest BCUT2D eigenvalue weighted by atomic mass is 10.1. The number of carboxylic acid groups (broad SMARTS) is 1. The highest BCUT2D eigenvalue weighted by molar-refractivity contribution is 7.99. The van der Waals surface area contributed by atoms with Gasteiger partial charge in [-0.3, -0.25) is 4.79 Å². The van der Waals surface area contributed by atoms with Crippen molar-refractivity contribution in [2.24, 2.45) is 0 Å². The SMILES string of the molecule is CC(C)=CCC/C(C)=C/CC/C(C)=C/CSC[C@H](NS(=O)(=O)c1cccs1)C(=O)O. The Morgan fingerprint density at radius 1 is 1.13 bits per heavy atom. The monoisotopic (exact) mass is 471 g/mol. The molecule has 0 amide bonds. The van der Waals surface area contributed by atoms with Gasteiger partial charge in [0.15, 0.2) is 0 Å². The molecule has 0 saturated carbocycles. The van der Waals surface area contributed by atoms with E-state index in [2.05, 4.69) is 50.6 Å². The van der Waals surface area contributed by atoms with Gasteiger partial charge >= 0.3 is 5.97 Å². The zero-order chi connectivity index (χ0) is 22.6. The average Bonchev–Trinajstić information content (AvgIpc) is 3.19. The summed E-state index contributed by atoms with van der Waals surface area (Å²) in [5.74, 6) is -0.343. The van der Waals surface area contributed by atoms with Gasteiger partial charge in [0.05, 0.1) is 0 Å². The summed E-state index contributed by atoms with van der Waals surface area (Å²) >= 11 is 2.47. The van der Waals surface area contributed by atoms with Gasteiger partial charge in [-0.25, -0.2) is 8.42 Å². The number of sulfonamides is 1. The van der Waals surface area contributed by atoms with Crippen molar-refractivity contribution >= 4 is 39.1 Å². The Kier molecular flexibility index (Phi) is 12.3. The summed E-state index contributed by atoms with van der Waals surface area (Å²) in [5, 5.41) is 11.0. The van der Waals surface area contributed by atoms with Crippen LogP contribution in [-0.2, 0) is 14.8 Å². The molecular formula is C22H33NO4S3. The molecule has 0 aliphatic heterocycles. The minimum Gasteiger partial charge on any atom is -0.480 e. The van der Waals surface area contributed by atoms with E-state index in [0.717, 1.165) is 37.0 Å². The zero-order valence-corrected chi connectivity index (χ0v) is 20.6. The van der Waals surface area contributed by atoms with Crippen LogP contribution in [0.1, 0.15) is 53.4 Å². The molecule has 1 rings (SSSR count). The Morgan fingerprint density at radius 3 is 2.33 bits per heavy atom. The van der Waals surface area contributed by atoms with Crippen molar-refractivity contribution < 1.29 is 18.3 Å². The Bertz CT molecular complexity index is 849.